The number of fused-ring (bicyclic) bond motifs is 1. The Morgan fingerprint density at radius 1 is 1.53 bits per heavy atom. The fraction of sp³-hybridized carbons (Fsp3) is 0.500. The lowest BCUT2D eigenvalue weighted by atomic mass is 10.1. The number of rotatable bonds is 4. The van der Waals surface area contributed by atoms with E-state index in [9.17, 15) is 4.79 Å². The van der Waals surface area contributed by atoms with Crippen molar-refractivity contribution in [3.05, 3.63) is 17.2 Å². The standard InChI is InChI=1S/C14H17ClN2O2/c1-2-10(8-3-4-8)16-11-6-13-12(5-9(11)15)17-14(18)7-19-13/h5-6,8,10,16H,2-4,7H2,1H3,(H,17,18). The van der Waals surface area contributed by atoms with E-state index in [4.69, 9.17) is 16.3 Å². The molecular formula is C14H17ClN2O2. The number of benzene rings is 1. The van der Waals surface area contributed by atoms with Crippen molar-refractivity contribution in [1.29, 1.82) is 0 Å². The number of carbonyl (C=O) groups excluding carboxylic acids is 1. The van der Waals surface area contributed by atoms with E-state index in [0.29, 0.717) is 22.5 Å². The van der Waals surface area contributed by atoms with Crippen LogP contribution in [0.25, 0.3) is 0 Å². The van der Waals surface area contributed by atoms with Crippen molar-refractivity contribution in [2.75, 3.05) is 17.2 Å². The van der Waals surface area contributed by atoms with Gasteiger partial charge in [0.1, 0.15) is 5.75 Å². The lowest BCUT2D eigenvalue weighted by Crippen LogP contribution is -2.26. The molecule has 1 aromatic rings. The highest BCUT2D eigenvalue weighted by Gasteiger charge is 2.30. The summed E-state index contributed by atoms with van der Waals surface area (Å²) in [6.07, 6.45) is 3.66. The van der Waals surface area contributed by atoms with Crippen LogP contribution in [0.15, 0.2) is 12.1 Å². The van der Waals surface area contributed by atoms with Crippen LogP contribution in [-0.4, -0.2) is 18.6 Å². The van der Waals surface area contributed by atoms with Gasteiger partial charge in [-0.15, -0.1) is 0 Å². The fourth-order valence-corrected chi connectivity index (χ4v) is 2.68. The molecule has 1 saturated carbocycles. The Labute approximate surface area is 117 Å². The van der Waals surface area contributed by atoms with Crippen LogP contribution in [0.3, 0.4) is 0 Å². The monoisotopic (exact) mass is 280 g/mol. The summed E-state index contributed by atoms with van der Waals surface area (Å²) in [5, 5.41) is 6.86. The molecule has 4 nitrogen and oxygen atoms in total. The Hall–Kier alpha value is -1.42. The van der Waals surface area contributed by atoms with Gasteiger partial charge < -0.3 is 15.4 Å². The number of anilines is 2. The minimum Gasteiger partial charge on any atom is -0.482 e. The van der Waals surface area contributed by atoms with Crippen molar-refractivity contribution < 1.29 is 9.53 Å². The van der Waals surface area contributed by atoms with E-state index < -0.39 is 0 Å². The molecule has 2 aliphatic rings. The molecule has 2 N–H and O–H groups in total. The van der Waals surface area contributed by atoms with Crippen LogP contribution in [0.2, 0.25) is 5.02 Å². The Morgan fingerprint density at radius 2 is 2.32 bits per heavy atom. The number of amides is 1. The molecular weight excluding hydrogens is 264 g/mol. The zero-order chi connectivity index (χ0) is 13.4. The molecule has 0 radical (unpaired) electrons. The third-order valence-electron chi connectivity index (χ3n) is 3.67. The maximum Gasteiger partial charge on any atom is 0.262 e. The number of hydrogen-bond donors (Lipinski definition) is 2. The summed E-state index contributed by atoms with van der Waals surface area (Å²) in [6, 6.07) is 4.09. The largest absolute Gasteiger partial charge is 0.482 e. The SMILES string of the molecule is CCC(Nc1cc2c(cc1Cl)NC(=O)CO2)C1CC1. The molecule has 1 unspecified atom stereocenters. The molecule has 0 saturated heterocycles. The Morgan fingerprint density at radius 3 is 3.00 bits per heavy atom. The van der Waals surface area contributed by atoms with Crippen LogP contribution >= 0.6 is 11.6 Å². The van der Waals surface area contributed by atoms with E-state index in [0.717, 1.165) is 18.0 Å². The van der Waals surface area contributed by atoms with Crippen molar-refractivity contribution in [2.45, 2.75) is 32.2 Å². The first-order valence-corrected chi connectivity index (χ1v) is 7.08. The van der Waals surface area contributed by atoms with Gasteiger partial charge in [0, 0.05) is 12.1 Å². The van der Waals surface area contributed by atoms with Crippen molar-refractivity contribution in [2.24, 2.45) is 5.92 Å². The zero-order valence-electron chi connectivity index (χ0n) is 10.8. The normalized spacial score (nSPS) is 19.2. The van der Waals surface area contributed by atoms with Gasteiger partial charge >= 0.3 is 0 Å². The number of halogens is 1. The Bertz CT molecular complexity index is 514. The molecule has 1 aromatic carbocycles. The Kier molecular flexibility index (Phi) is 3.27. The number of nitrogens with one attached hydrogen (secondary N) is 2. The second-order valence-corrected chi connectivity index (χ2v) is 5.57. The highest BCUT2D eigenvalue weighted by Crippen LogP contribution is 2.40. The summed E-state index contributed by atoms with van der Waals surface area (Å²) in [6.45, 7) is 2.24. The highest BCUT2D eigenvalue weighted by molar-refractivity contribution is 6.33. The van der Waals surface area contributed by atoms with Gasteiger partial charge in [0.25, 0.3) is 5.91 Å². The second kappa shape index (κ2) is 4.93. The number of carbonyl (C=O) groups is 1. The summed E-state index contributed by atoms with van der Waals surface area (Å²) in [5.74, 6) is 1.29. The maximum absolute atomic E-state index is 11.2. The fourth-order valence-electron chi connectivity index (χ4n) is 2.46. The molecule has 1 amide bonds. The van der Waals surface area contributed by atoms with Gasteiger partial charge in [-0.25, -0.2) is 0 Å². The number of hydrogen-bond acceptors (Lipinski definition) is 3. The van der Waals surface area contributed by atoms with Gasteiger partial charge in [0.15, 0.2) is 6.61 Å². The maximum atomic E-state index is 11.2. The first kappa shape index (κ1) is 12.6. The molecule has 0 spiro atoms. The summed E-state index contributed by atoms with van der Waals surface area (Å²) in [4.78, 5) is 11.2. The predicted molar refractivity (Wildman–Crippen MR) is 76.0 cm³/mol. The molecule has 0 bridgehead atoms. The first-order chi connectivity index (χ1) is 9.17. The molecule has 1 aliphatic carbocycles. The van der Waals surface area contributed by atoms with E-state index in [1.54, 1.807) is 6.07 Å². The van der Waals surface area contributed by atoms with E-state index in [-0.39, 0.29) is 12.5 Å². The number of ether oxygens (including phenoxy) is 1. The van der Waals surface area contributed by atoms with Gasteiger partial charge in [-0.1, -0.05) is 18.5 Å². The third kappa shape index (κ3) is 2.63. The molecule has 1 heterocycles. The summed E-state index contributed by atoms with van der Waals surface area (Å²) in [5.41, 5.74) is 1.53. The van der Waals surface area contributed by atoms with Gasteiger partial charge in [0.2, 0.25) is 0 Å². The van der Waals surface area contributed by atoms with E-state index in [1.807, 2.05) is 6.07 Å². The van der Waals surface area contributed by atoms with Crippen LogP contribution in [-0.2, 0) is 4.79 Å². The van der Waals surface area contributed by atoms with Gasteiger partial charge in [-0.05, 0) is 31.2 Å². The average molecular weight is 281 g/mol. The van der Waals surface area contributed by atoms with Crippen LogP contribution in [0.4, 0.5) is 11.4 Å². The van der Waals surface area contributed by atoms with Crippen molar-refractivity contribution in [1.82, 2.24) is 0 Å². The van der Waals surface area contributed by atoms with Crippen LogP contribution < -0.4 is 15.4 Å². The van der Waals surface area contributed by atoms with Gasteiger partial charge in [0.05, 0.1) is 16.4 Å². The summed E-state index contributed by atoms with van der Waals surface area (Å²) in [7, 11) is 0. The van der Waals surface area contributed by atoms with Gasteiger partial charge in [-0.3, -0.25) is 4.79 Å². The quantitative estimate of drug-likeness (QED) is 0.890. The smallest absolute Gasteiger partial charge is 0.262 e. The van der Waals surface area contributed by atoms with Crippen LogP contribution in [0, 0.1) is 5.92 Å². The minimum absolute atomic E-state index is 0.0634. The molecule has 5 heteroatoms. The lowest BCUT2D eigenvalue weighted by molar-refractivity contribution is -0.118. The van der Waals surface area contributed by atoms with E-state index in [1.165, 1.54) is 12.8 Å². The van der Waals surface area contributed by atoms with Crippen molar-refractivity contribution in [3.8, 4) is 5.75 Å². The molecule has 1 atom stereocenters. The molecule has 102 valence electrons. The van der Waals surface area contributed by atoms with Crippen molar-refractivity contribution >= 4 is 28.9 Å². The summed E-state index contributed by atoms with van der Waals surface area (Å²) >= 11 is 6.27. The molecule has 3 rings (SSSR count). The molecule has 1 fully saturated rings. The van der Waals surface area contributed by atoms with Crippen molar-refractivity contribution in [3.63, 3.8) is 0 Å². The molecule has 1 aliphatic heterocycles. The molecule has 0 aromatic heterocycles. The third-order valence-corrected chi connectivity index (χ3v) is 3.99. The van der Waals surface area contributed by atoms with Crippen LogP contribution in [0.5, 0.6) is 5.75 Å². The predicted octanol–water partition coefficient (Wildman–Crippen LogP) is 3.27. The van der Waals surface area contributed by atoms with Gasteiger partial charge in [-0.2, -0.15) is 0 Å². The highest BCUT2D eigenvalue weighted by atomic mass is 35.5. The van der Waals surface area contributed by atoms with E-state index >= 15 is 0 Å². The van der Waals surface area contributed by atoms with E-state index in [2.05, 4.69) is 17.6 Å². The summed E-state index contributed by atoms with van der Waals surface area (Å²) < 4.78 is 5.41. The topological polar surface area (TPSA) is 50.4 Å². The lowest BCUT2D eigenvalue weighted by Gasteiger charge is -2.23. The molecule has 19 heavy (non-hydrogen) atoms. The first-order valence-electron chi connectivity index (χ1n) is 6.70. The Balaban J connectivity index is 1.83. The second-order valence-electron chi connectivity index (χ2n) is 5.16. The minimum atomic E-state index is -0.145. The zero-order valence-corrected chi connectivity index (χ0v) is 11.6. The van der Waals surface area contributed by atoms with Crippen LogP contribution in [0.1, 0.15) is 26.2 Å². The average Bonchev–Trinajstić information content (AvgIpc) is 3.20.